The summed E-state index contributed by atoms with van der Waals surface area (Å²) in [5.74, 6) is 1.16. The first-order valence-corrected chi connectivity index (χ1v) is 9.54. The van der Waals surface area contributed by atoms with Crippen LogP contribution in [-0.2, 0) is 16.6 Å². The van der Waals surface area contributed by atoms with Crippen LogP contribution in [0.4, 0.5) is 11.4 Å². The molecule has 9 nitrogen and oxygen atoms in total. The Labute approximate surface area is 157 Å². The molecule has 27 heavy (non-hydrogen) atoms. The highest BCUT2D eigenvalue weighted by Gasteiger charge is 2.21. The van der Waals surface area contributed by atoms with Crippen LogP contribution >= 0.6 is 0 Å². The summed E-state index contributed by atoms with van der Waals surface area (Å²) in [6.45, 7) is 2.70. The minimum absolute atomic E-state index is 0.264. The molecule has 2 rings (SSSR count). The number of nitrogens with two attached hydrogens (primary N) is 1. The van der Waals surface area contributed by atoms with Gasteiger partial charge in [0.2, 0.25) is 10.0 Å². The van der Waals surface area contributed by atoms with Gasteiger partial charge in [0.1, 0.15) is 5.69 Å². The number of sulfonamides is 1. The molecule has 0 spiro atoms. The maximum absolute atomic E-state index is 11.5. The van der Waals surface area contributed by atoms with E-state index < -0.39 is 14.9 Å². The van der Waals surface area contributed by atoms with Crippen molar-refractivity contribution in [2.24, 2.45) is 5.14 Å². The van der Waals surface area contributed by atoms with Gasteiger partial charge in [0.25, 0.3) is 5.69 Å². The molecule has 0 aliphatic rings. The van der Waals surface area contributed by atoms with E-state index >= 15 is 0 Å². The predicted octanol–water partition coefficient (Wildman–Crippen LogP) is 2.29. The van der Waals surface area contributed by atoms with Gasteiger partial charge in [-0.05, 0) is 36.8 Å². The molecule has 0 atom stereocenters. The molecule has 0 fully saturated rings. The quantitative estimate of drug-likeness (QED) is 0.537. The minimum Gasteiger partial charge on any atom is -0.493 e. The number of nitrogens with zero attached hydrogens (tertiary/aromatic N) is 2. The topological polar surface area (TPSA) is 125 Å². The van der Waals surface area contributed by atoms with Crippen LogP contribution in [0.15, 0.2) is 41.3 Å². The van der Waals surface area contributed by atoms with Crippen molar-refractivity contribution in [3.05, 3.63) is 52.1 Å². The van der Waals surface area contributed by atoms with Crippen LogP contribution in [0.3, 0.4) is 0 Å². The number of rotatable bonds is 8. The zero-order chi connectivity index (χ0) is 20.2. The molecule has 0 aliphatic heterocycles. The first-order valence-electron chi connectivity index (χ1n) is 7.99. The van der Waals surface area contributed by atoms with Gasteiger partial charge < -0.3 is 14.4 Å². The highest BCUT2D eigenvalue weighted by atomic mass is 32.2. The maximum Gasteiger partial charge on any atom is 0.293 e. The summed E-state index contributed by atoms with van der Waals surface area (Å²) in [6, 6.07) is 8.95. The molecule has 2 aromatic rings. The molecule has 0 bridgehead atoms. The zero-order valence-corrected chi connectivity index (χ0v) is 16.0. The zero-order valence-electron chi connectivity index (χ0n) is 15.2. The van der Waals surface area contributed by atoms with Crippen molar-refractivity contribution in [3.8, 4) is 11.5 Å². The standard InChI is InChI=1S/C17H21N3O6S/c1-4-26-16-8-5-12(9-17(16)25-3)11-19(2)14-7-6-13(27(18,23)24)10-15(14)20(21)22/h5-10H,4,11H2,1-3H3,(H2,18,23,24). The number of ether oxygens (including phenoxy) is 2. The number of nitro benzene ring substituents is 1. The molecule has 0 heterocycles. The number of primary sulfonamides is 1. The Bertz CT molecular complexity index is 946. The van der Waals surface area contributed by atoms with Gasteiger partial charge in [0, 0.05) is 19.7 Å². The van der Waals surface area contributed by atoms with E-state index in [1.807, 2.05) is 13.0 Å². The van der Waals surface area contributed by atoms with Crippen molar-refractivity contribution in [1.82, 2.24) is 0 Å². The lowest BCUT2D eigenvalue weighted by Gasteiger charge is -2.20. The van der Waals surface area contributed by atoms with Crippen molar-refractivity contribution < 1.29 is 22.8 Å². The van der Waals surface area contributed by atoms with Crippen LogP contribution in [-0.4, -0.2) is 34.1 Å². The first-order chi connectivity index (χ1) is 12.7. The maximum atomic E-state index is 11.5. The van der Waals surface area contributed by atoms with Crippen LogP contribution in [0.2, 0.25) is 0 Å². The largest absolute Gasteiger partial charge is 0.493 e. The van der Waals surface area contributed by atoms with Crippen LogP contribution in [0, 0.1) is 10.1 Å². The fourth-order valence-corrected chi connectivity index (χ4v) is 3.13. The molecular weight excluding hydrogens is 374 g/mol. The van der Waals surface area contributed by atoms with Crippen LogP contribution in [0.5, 0.6) is 11.5 Å². The third-order valence-corrected chi connectivity index (χ3v) is 4.74. The molecule has 0 unspecified atom stereocenters. The smallest absolute Gasteiger partial charge is 0.293 e. The van der Waals surface area contributed by atoms with E-state index in [2.05, 4.69) is 0 Å². The average molecular weight is 395 g/mol. The van der Waals surface area contributed by atoms with Gasteiger partial charge in [-0.1, -0.05) is 6.07 Å². The molecule has 2 aromatic carbocycles. The second kappa shape index (κ2) is 8.23. The van der Waals surface area contributed by atoms with Gasteiger partial charge in [0.05, 0.1) is 23.5 Å². The summed E-state index contributed by atoms with van der Waals surface area (Å²) in [4.78, 5) is 12.1. The average Bonchev–Trinajstić information content (AvgIpc) is 2.61. The first kappa shape index (κ1) is 20.5. The lowest BCUT2D eigenvalue weighted by molar-refractivity contribution is -0.384. The number of hydrogen-bond acceptors (Lipinski definition) is 7. The van der Waals surface area contributed by atoms with Crippen molar-refractivity contribution >= 4 is 21.4 Å². The monoisotopic (exact) mass is 395 g/mol. The second-order valence-corrected chi connectivity index (χ2v) is 7.29. The highest BCUT2D eigenvalue weighted by Crippen LogP contribution is 2.32. The third kappa shape index (κ3) is 4.86. The highest BCUT2D eigenvalue weighted by molar-refractivity contribution is 7.89. The minimum atomic E-state index is -4.03. The van der Waals surface area contributed by atoms with E-state index in [0.717, 1.165) is 11.6 Å². The number of nitro groups is 1. The van der Waals surface area contributed by atoms with E-state index in [-0.39, 0.29) is 16.3 Å². The van der Waals surface area contributed by atoms with Crippen molar-refractivity contribution in [3.63, 3.8) is 0 Å². The Balaban J connectivity index is 2.35. The van der Waals surface area contributed by atoms with Gasteiger partial charge in [-0.3, -0.25) is 10.1 Å². The molecule has 2 N–H and O–H groups in total. The Kier molecular flexibility index (Phi) is 6.24. The summed E-state index contributed by atoms with van der Waals surface area (Å²) in [7, 11) is -0.834. The summed E-state index contributed by atoms with van der Waals surface area (Å²) in [5.41, 5.74) is 0.754. The van der Waals surface area contributed by atoms with Crippen molar-refractivity contribution in [2.75, 3.05) is 25.7 Å². The van der Waals surface area contributed by atoms with E-state index in [0.29, 0.717) is 24.7 Å². The number of anilines is 1. The van der Waals surface area contributed by atoms with E-state index in [9.17, 15) is 18.5 Å². The Morgan fingerprint density at radius 2 is 1.89 bits per heavy atom. The Hall–Kier alpha value is -2.85. The number of hydrogen-bond donors (Lipinski definition) is 1. The molecule has 10 heteroatoms. The normalized spacial score (nSPS) is 11.1. The second-order valence-electron chi connectivity index (χ2n) is 5.73. The van der Waals surface area contributed by atoms with Crippen LogP contribution < -0.4 is 19.5 Å². The summed E-state index contributed by atoms with van der Waals surface area (Å²) in [5, 5.41) is 16.4. The molecule has 0 amide bonds. The molecular formula is C17H21N3O6S. The molecule has 0 aromatic heterocycles. The molecule has 0 radical (unpaired) electrons. The van der Waals surface area contributed by atoms with Crippen molar-refractivity contribution in [2.45, 2.75) is 18.4 Å². The van der Waals surface area contributed by atoms with Gasteiger partial charge in [-0.2, -0.15) is 0 Å². The fraction of sp³-hybridized carbons (Fsp3) is 0.294. The fourth-order valence-electron chi connectivity index (χ4n) is 2.59. The summed E-state index contributed by atoms with van der Waals surface area (Å²) >= 11 is 0. The van der Waals surface area contributed by atoms with Gasteiger partial charge >= 0.3 is 0 Å². The summed E-state index contributed by atoms with van der Waals surface area (Å²) < 4.78 is 33.7. The Morgan fingerprint density at radius 3 is 2.44 bits per heavy atom. The van der Waals surface area contributed by atoms with Gasteiger partial charge in [-0.15, -0.1) is 0 Å². The van der Waals surface area contributed by atoms with Crippen LogP contribution in [0.1, 0.15) is 12.5 Å². The Morgan fingerprint density at radius 1 is 1.19 bits per heavy atom. The van der Waals surface area contributed by atoms with E-state index in [1.54, 1.807) is 24.1 Å². The van der Waals surface area contributed by atoms with Gasteiger partial charge in [-0.25, -0.2) is 13.6 Å². The van der Waals surface area contributed by atoms with Crippen LogP contribution in [0.25, 0.3) is 0 Å². The lowest BCUT2D eigenvalue weighted by Crippen LogP contribution is -2.19. The number of methoxy groups -OCH3 is 1. The predicted molar refractivity (Wildman–Crippen MR) is 101 cm³/mol. The third-order valence-electron chi connectivity index (χ3n) is 3.83. The molecule has 0 aliphatic carbocycles. The van der Waals surface area contributed by atoms with Crippen molar-refractivity contribution in [1.29, 1.82) is 0 Å². The molecule has 0 saturated heterocycles. The van der Waals surface area contributed by atoms with E-state index in [4.69, 9.17) is 14.6 Å². The lowest BCUT2D eigenvalue weighted by atomic mass is 10.1. The van der Waals surface area contributed by atoms with E-state index in [1.165, 1.54) is 19.2 Å². The summed E-state index contributed by atoms with van der Waals surface area (Å²) in [6.07, 6.45) is 0. The van der Waals surface area contributed by atoms with Gasteiger partial charge in [0.15, 0.2) is 11.5 Å². The SMILES string of the molecule is CCOc1ccc(CN(C)c2ccc(S(N)(=O)=O)cc2[N+](=O)[O-])cc1OC. The molecule has 0 saturated carbocycles. The number of benzene rings is 2. The molecule has 146 valence electrons.